The number of hydrogen-bond donors (Lipinski definition) is 2. The third kappa shape index (κ3) is 3.88. The minimum Gasteiger partial charge on any atom is -0.366 e. The van der Waals surface area contributed by atoms with E-state index in [1.165, 1.54) is 12.3 Å². The van der Waals surface area contributed by atoms with Gasteiger partial charge in [0.15, 0.2) is 0 Å². The van der Waals surface area contributed by atoms with E-state index in [1.807, 2.05) is 0 Å². The number of nitrogens with zero attached hydrogens (tertiary/aromatic N) is 3. The van der Waals surface area contributed by atoms with Crippen LogP contribution < -0.4 is 5.32 Å². The fourth-order valence-corrected chi connectivity index (χ4v) is 2.94. The molecule has 2 N–H and O–H groups in total. The van der Waals surface area contributed by atoms with Crippen molar-refractivity contribution in [3.63, 3.8) is 0 Å². The van der Waals surface area contributed by atoms with Crippen molar-refractivity contribution in [1.29, 1.82) is 0 Å². The van der Waals surface area contributed by atoms with Crippen LogP contribution in [0.3, 0.4) is 0 Å². The molecule has 4 heterocycles. The van der Waals surface area contributed by atoms with Gasteiger partial charge in [0.2, 0.25) is 11.9 Å². The minimum absolute atomic E-state index is 0.364. The van der Waals surface area contributed by atoms with Crippen molar-refractivity contribution in [3.05, 3.63) is 82.5 Å². The van der Waals surface area contributed by atoms with Crippen molar-refractivity contribution in [1.82, 2.24) is 19.9 Å². The van der Waals surface area contributed by atoms with Gasteiger partial charge < -0.3 is 10.3 Å². The van der Waals surface area contributed by atoms with Crippen molar-refractivity contribution in [2.24, 2.45) is 0 Å². The summed E-state index contributed by atoms with van der Waals surface area (Å²) in [5.74, 6) is -0.702. The van der Waals surface area contributed by atoms with Crippen molar-refractivity contribution in [2.75, 3.05) is 5.32 Å². The lowest BCUT2D eigenvalue weighted by Crippen LogP contribution is -2.04. The van der Waals surface area contributed by atoms with Crippen LogP contribution in [0, 0.1) is 11.9 Å². The van der Waals surface area contributed by atoms with Gasteiger partial charge in [0.05, 0.1) is 5.02 Å². The molecule has 4 rings (SSSR count). The largest absolute Gasteiger partial charge is 0.366 e. The number of aromatic nitrogens is 4. The second-order valence-corrected chi connectivity index (χ2v) is 6.47. The van der Waals surface area contributed by atoms with Gasteiger partial charge in [-0.1, -0.05) is 23.7 Å². The van der Waals surface area contributed by atoms with E-state index >= 15 is 0 Å². The molecule has 0 amide bonds. The van der Waals surface area contributed by atoms with Crippen LogP contribution in [0.15, 0.2) is 48.9 Å². The lowest BCUT2D eigenvalue weighted by atomic mass is 10.1. The number of nitrogens with one attached hydrogen (secondary N) is 2. The Morgan fingerprint density at radius 3 is 2.70 bits per heavy atom. The Labute approximate surface area is 158 Å². The average Bonchev–Trinajstić information content (AvgIpc) is 3.05. The van der Waals surface area contributed by atoms with Crippen LogP contribution in [-0.4, -0.2) is 19.9 Å². The first-order valence-corrected chi connectivity index (χ1v) is 8.57. The fraction of sp³-hybridized carbons (Fsp3) is 0.105. The Bertz CT molecular complexity index is 1100. The topological polar surface area (TPSA) is 66.5 Å². The summed E-state index contributed by atoms with van der Waals surface area (Å²) in [6, 6.07) is 8.07. The van der Waals surface area contributed by atoms with E-state index in [9.17, 15) is 8.78 Å². The van der Waals surface area contributed by atoms with Crippen LogP contribution in [0.5, 0.6) is 0 Å². The van der Waals surface area contributed by atoms with Gasteiger partial charge in [-0.15, -0.1) is 0 Å². The van der Waals surface area contributed by atoms with Gasteiger partial charge in [-0.2, -0.15) is 8.78 Å². The van der Waals surface area contributed by atoms with Gasteiger partial charge in [-0.3, -0.25) is 0 Å². The highest BCUT2D eigenvalue weighted by Crippen LogP contribution is 2.23. The molecule has 27 heavy (non-hydrogen) atoms. The van der Waals surface area contributed by atoms with Crippen LogP contribution in [0.2, 0.25) is 5.02 Å². The highest BCUT2D eigenvalue weighted by atomic mass is 35.5. The Morgan fingerprint density at radius 1 is 1.04 bits per heavy atom. The summed E-state index contributed by atoms with van der Waals surface area (Å²) in [6.45, 7) is 0.367. The van der Waals surface area contributed by atoms with E-state index in [4.69, 9.17) is 11.6 Å². The molecular formula is C19H14ClF2N5. The Balaban J connectivity index is 1.49. The monoisotopic (exact) mass is 385 g/mol. The van der Waals surface area contributed by atoms with E-state index in [0.29, 0.717) is 35.0 Å². The van der Waals surface area contributed by atoms with Gasteiger partial charge in [-0.25, -0.2) is 15.0 Å². The molecule has 4 aromatic heterocycles. The SMILES string of the molecule is Fc1ccc(CNc2ccc(Cc3c[nH]c4ncc(Cl)cc34)c(F)n2)cn1. The standard InChI is InChI=1S/C19H14ClF2N5/c20-14-6-15-13(9-25-19(15)26-10-14)5-12-2-4-17(27-18(12)22)24-8-11-1-3-16(21)23-7-11/h1-4,6-7,9-10H,5,8H2,(H,24,27)(H,25,26). The summed E-state index contributed by atoms with van der Waals surface area (Å²) in [5.41, 5.74) is 2.82. The molecule has 0 atom stereocenters. The number of rotatable bonds is 5. The maximum Gasteiger partial charge on any atom is 0.218 e. The maximum absolute atomic E-state index is 14.4. The van der Waals surface area contributed by atoms with Crippen LogP contribution in [0.1, 0.15) is 16.7 Å². The van der Waals surface area contributed by atoms with Crippen LogP contribution >= 0.6 is 11.6 Å². The summed E-state index contributed by atoms with van der Waals surface area (Å²) < 4.78 is 27.3. The third-order valence-electron chi connectivity index (χ3n) is 4.15. The molecule has 0 saturated heterocycles. The third-order valence-corrected chi connectivity index (χ3v) is 4.36. The van der Waals surface area contributed by atoms with Gasteiger partial charge in [0.25, 0.3) is 0 Å². The second-order valence-electron chi connectivity index (χ2n) is 6.03. The van der Waals surface area contributed by atoms with Crippen molar-refractivity contribution in [2.45, 2.75) is 13.0 Å². The summed E-state index contributed by atoms with van der Waals surface area (Å²) in [4.78, 5) is 14.8. The quantitative estimate of drug-likeness (QED) is 0.497. The van der Waals surface area contributed by atoms with E-state index in [-0.39, 0.29) is 0 Å². The molecule has 0 aliphatic carbocycles. The first-order chi connectivity index (χ1) is 13.1. The lowest BCUT2D eigenvalue weighted by Gasteiger charge is -2.08. The molecule has 0 aliphatic rings. The number of fused-ring (bicyclic) bond motifs is 1. The van der Waals surface area contributed by atoms with Gasteiger partial charge in [-0.05, 0) is 29.3 Å². The molecule has 0 unspecified atom stereocenters. The number of anilines is 1. The van der Waals surface area contributed by atoms with E-state index in [0.717, 1.165) is 16.5 Å². The number of hydrogen-bond acceptors (Lipinski definition) is 4. The minimum atomic E-state index is -0.554. The van der Waals surface area contributed by atoms with Gasteiger partial charge in [0, 0.05) is 42.5 Å². The molecule has 8 heteroatoms. The summed E-state index contributed by atoms with van der Waals surface area (Å²) in [6.07, 6.45) is 5.14. The van der Waals surface area contributed by atoms with E-state index in [1.54, 1.807) is 36.7 Å². The Kier molecular flexibility index (Phi) is 4.68. The molecule has 4 aromatic rings. The van der Waals surface area contributed by atoms with E-state index in [2.05, 4.69) is 25.3 Å². The van der Waals surface area contributed by atoms with Crippen LogP contribution in [0.25, 0.3) is 11.0 Å². The number of pyridine rings is 3. The highest BCUT2D eigenvalue weighted by Gasteiger charge is 2.11. The summed E-state index contributed by atoms with van der Waals surface area (Å²) in [5, 5.41) is 4.38. The summed E-state index contributed by atoms with van der Waals surface area (Å²) >= 11 is 6.00. The highest BCUT2D eigenvalue weighted by molar-refractivity contribution is 6.31. The number of aromatic amines is 1. The molecular weight excluding hydrogens is 372 g/mol. The lowest BCUT2D eigenvalue weighted by molar-refractivity contribution is 0.571. The first kappa shape index (κ1) is 17.4. The second kappa shape index (κ2) is 7.28. The van der Waals surface area contributed by atoms with Crippen molar-refractivity contribution >= 4 is 28.5 Å². The maximum atomic E-state index is 14.4. The molecule has 0 bridgehead atoms. The zero-order valence-corrected chi connectivity index (χ0v) is 14.8. The first-order valence-electron chi connectivity index (χ1n) is 8.20. The fourth-order valence-electron chi connectivity index (χ4n) is 2.78. The Hall–Kier alpha value is -3.06. The Morgan fingerprint density at radius 2 is 1.93 bits per heavy atom. The average molecular weight is 386 g/mol. The molecule has 0 fully saturated rings. The summed E-state index contributed by atoms with van der Waals surface area (Å²) in [7, 11) is 0. The number of H-pyrrole nitrogens is 1. The predicted molar refractivity (Wildman–Crippen MR) is 99.6 cm³/mol. The molecule has 0 aromatic carbocycles. The predicted octanol–water partition coefficient (Wildman–Crippen LogP) is 4.49. The normalized spacial score (nSPS) is 11.1. The molecule has 0 aliphatic heterocycles. The van der Waals surface area contributed by atoms with Crippen molar-refractivity contribution in [3.8, 4) is 0 Å². The zero-order valence-electron chi connectivity index (χ0n) is 14.0. The van der Waals surface area contributed by atoms with Gasteiger partial charge >= 0.3 is 0 Å². The van der Waals surface area contributed by atoms with Crippen LogP contribution in [-0.2, 0) is 13.0 Å². The molecule has 0 radical (unpaired) electrons. The van der Waals surface area contributed by atoms with Gasteiger partial charge in [0.1, 0.15) is 11.5 Å². The zero-order chi connectivity index (χ0) is 18.8. The molecule has 0 saturated carbocycles. The van der Waals surface area contributed by atoms with Crippen LogP contribution in [0.4, 0.5) is 14.6 Å². The molecule has 0 spiro atoms. The number of halogens is 3. The molecule has 136 valence electrons. The molecule has 5 nitrogen and oxygen atoms in total. The van der Waals surface area contributed by atoms with E-state index < -0.39 is 11.9 Å². The van der Waals surface area contributed by atoms with Crippen molar-refractivity contribution < 1.29 is 8.78 Å². The smallest absolute Gasteiger partial charge is 0.218 e.